The van der Waals surface area contributed by atoms with E-state index in [1.54, 1.807) is 0 Å². The topological polar surface area (TPSA) is 44.4 Å². The second kappa shape index (κ2) is 7.58. The Bertz CT molecular complexity index is 358. The lowest BCUT2D eigenvalue weighted by Gasteiger charge is -2.21. The number of carbonyl (C=O) groups is 1. The van der Waals surface area contributed by atoms with Gasteiger partial charge in [0.2, 0.25) is 5.91 Å². The highest BCUT2D eigenvalue weighted by atomic mass is 16.1. The lowest BCUT2D eigenvalue weighted by Crippen LogP contribution is -2.26. The lowest BCUT2D eigenvalue weighted by atomic mass is 10.2. The Morgan fingerprint density at radius 3 is 2.22 bits per heavy atom. The predicted molar refractivity (Wildman–Crippen MR) is 77.2 cm³/mol. The second-order valence-corrected chi connectivity index (χ2v) is 4.13. The van der Waals surface area contributed by atoms with Gasteiger partial charge in [-0.2, -0.15) is 0 Å². The van der Waals surface area contributed by atoms with Gasteiger partial charge in [0.05, 0.1) is 0 Å². The molecule has 4 heteroatoms. The zero-order chi connectivity index (χ0) is 13.4. The van der Waals surface area contributed by atoms with Crippen LogP contribution in [0.5, 0.6) is 0 Å². The molecular weight excluding hydrogens is 226 g/mol. The fourth-order valence-corrected chi connectivity index (χ4v) is 1.82. The number of hydrogen-bond donors (Lipinski definition) is 2. The van der Waals surface area contributed by atoms with Crippen LogP contribution in [-0.2, 0) is 4.79 Å². The summed E-state index contributed by atoms with van der Waals surface area (Å²) >= 11 is 0. The summed E-state index contributed by atoms with van der Waals surface area (Å²) in [6.45, 7) is 9.26. The minimum absolute atomic E-state index is 0.00804. The van der Waals surface area contributed by atoms with Crippen molar-refractivity contribution in [1.82, 2.24) is 5.32 Å². The van der Waals surface area contributed by atoms with Crippen molar-refractivity contribution in [3.63, 3.8) is 0 Å². The van der Waals surface area contributed by atoms with E-state index in [9.17, 15) is 4.79 Å². The zero-order valence-electron chi connectivity index (χ0n) is 11.5. The maximum absolute atomic E-state index is 10.7. The van der Waals surface area contributed by atoms with E-state index in [1.165, 1.54) is 12.6 Å². The van der Waals surface area contributed by atoms with Crippen LogP contribution >= 0.6 is 0 Å². The highest BCUT2D eigenvalue weighted by molar-refractivity contribution is 5.72. The van der Waals surface area contributed by atoms with E-state index in [-0.39, 0.29) is 5.91 Å². The normalized spacial score (nSPS) is 9.94. The van der Waals surface area contributed by atoms with E-state index in [1.807, 2.05) is 0 Å². The van der Waals surface area contributed by atoms with E-state index in [0.717, 1.165) is 25.3 Å². The van der Waals surface area contributed by atoms with Gasteiger partial charge in [-0.05, 0) is 38.1 Å². The highest BCUT2D eigenvalue weighted by Crippen LogP contribution is 2.17. The molecule has 0 heterocycles. The van der Waals surface area contributed by atoms with Crippen LogP contribution in [0.2, 0.25) is 0 Å². The molecule has 0 radical (unpaired) electrons. The molecule has 4 nitrogen and oxygen atoms in total. The molecule has 1 aromatic rings. The van der Waals surface area contributed by atoms with Gasteiger partial charge in [-0.3, -0.25) is 4.79 Å². The van der Waals surface area contributed by atoms with Crippen molar-refractivity contribution in [2.24, 2.45) is 0 Å². The SMILES string of the molecule is CCN(CC)c1ccc(NCCNC(C)=O)cc1. The third kappa shape index (κ3) is 4.65. The Balaban J connectivity index is 2.42. The molecule has 0 spiro atoms. The maximum atomic E-state index is 10.7. The van der Waals surface area contributed by atoms with Gasteiger partial charge < -0.3 is 15.5 Å². The molecule has 0 unspecified atom stereocenters. The second-order valence-electron chi connectivity index (χ2n) is 4.13. The van der Waals surface area contributed by atoms with Gasteiger partial charge in [0.25, 0.3) is 0 Å². The third-order valence-corrected chi connectivity index (χ3v) is 2.82. The molecule has 0 atom stereocenters. The van der Waals surface area contributed by atoms with Crippen molar-refractivity contribution in [1.29, 1.82) is 0 Å². The van der Waals surface area contributed by atoms with Crippen LogP contribution in [0.3, 0.4) is 0 Å². The molecule has 0 saturated heterocycles. The van der Waals surface area contributed by atoms with Crippen molar-refractivity contribution in [2.45, 2.75) is 20.8 Å². The van der Waals surface area contributed by atoms with Gasteiger partial charge in [-0.25, -0.2) is 0 Å². The molecule has 18 heavy (non-hydrogen) atoms. The molecule has 0 bridgehead atoms. The summed E-state index contributed by atoms with van der Waals surface area (Å²) in [5.74, 6) is 0.00804. The van der Waals surface area contributed by atoms with Gasteiger partial charge in [-0.15, -0.1) is 0 Å². The Kier molecular flexibility index (Phi) is 6.05. The molecule has 100 valence electrons. The number of benzene rings is 1. The molecule has 0 aliphatic carbocycles. The van der Waals surface area contributed by atoms with Gasteiger partial charge in [0, 0.05) is 44.5 Å². The quantitative estimate of drug-likeness (QED) is 0.727. The molecular formula is C14H23N3O. The van der Waals surface area contributed by atoms with E-state index in [0.29, 0.717) is 6.54 Å². The molecule has 1 rings (SSSR count). The van der Waals surface area contributed by atoms with Crippen LogP contribution in [0.15, 0.2) is 24.3 Å². The Morgan fingerprint density at radius 2 is 1.72 bits per heavy atom. The Hall–Kier alpha value is -1.71. The summed E-state index contributed by atoms with van der Waals surface area (Å²) in [5, 5.41) is 6.02. The lowest BCUT2D eigenvalue weighted by molar-refractivity contribution is -0.118. The largest absolute Gasteiger partial charge is 0.383 e. The van der Waals surface area contributed by atoms with Crippen molar-refractivity contribution < 1.29 is 4.79 Å². The molecule has 1 aromatic carbocycles. The number of carbonyl (C=O) groups excluding carboxylic acids is 1. The fraction of sp³-hybridized carbons (Fsp3) is 0.500. The van der Waals surface area contributed by atoms with Gasteiger partial charge in [-0.1, -0.05) is 0 Å². The third-order valence-electron chi connectivity index (χ3n) is 2.82. The number of nitrogens with zero attached hydrogens (tertiary/aromatic N) is 1. The average molecular weight is 249 g/mol. The van der Waals surface area contributed by atoms with Crippen molar-refractivity contribution in [3.8, 4) is 0 Å². The zero-order valence-corrected chi connectivity index (χ0v) is 11.5. The van der Waals surface area contributed by atoms with Crippen LogP contribution in [0.1, 0.15) is 20.8 Å². The highest BCUT2D eigenvalue weighted by Gasteiger charge is 2.00. The van der Waals surface area contributed by atoms with E-state index < -0.39 is 0 Å². The minimum Gasteiger partial charge on any atom is -0.383 e. The smallest absolute Gasteiger partial charge is 0.216 e. The van der Waals surface area contributed by atoms with E-state index in [2.05, 4.69) is 53.6 Å². The first kappa shape index (κ1) is 14.4. The molecule has 2 N–H and O–H groups in total. The molecule has 0 saturated carbocycles. The monoisotopic (exact) mass is 249 g/mol. The first-order chi connectivity index (χ1) is 8.67. The number of nitrogens with one attached hydrogen (secondary N) is 2. The molecule has 0 aromatic heterocycles. The summed E-state index contributed by atoms with van der Waals surface area (Å²) < 4.78 is 0. The van der Waals surface area contributed by atoms with Crippen LogP contribution in [-0.4, -0.2) is 32.1 Å². The summed E-state index contributed by atoms with van der Waals surface area (Å²) in [5.41, 5.74) is 2.32. The Labute approximate surface area is 109 Å². The van der Waals surface area contributed by atoms with Crippen LogP contribution < -0.4 is 15.5 Å². The van der Waals surface area contributed by atoms with Crippen molar-refractivity contribution >= 4 is 17.3 Å². The van der Waals surface area contributed by atoms with Crippen LogP contribution in [0.4, 0.5) is 11.4 Å². The average Bonchev–Trinajstić information content (AvgIpc) is 2.37. The van der Waals surface area contributed by atoms with Crippen LogP contribution in [0, 0.1) is 0 Å². The molecule has 1 amide bonds. The fourth-order valence-electron chi connectivity index (χ4n) is 1.82. The van der Waals surface area contributed by atoms with Gasteiger partial charge in [0.15, 0.2) is 0 Å². The van der Waals surface area contributed by atoms with Gasteiger partial charge in [0.1, 0.15) is 0 Å². The Morgan fingerprint density at radius 1 is 1.11 bits per heavy atom. The number of amides is 1. The minimum atomic E-state index is 0.00804. The molecule has 0 aliphatic heterocycles. The summed E-state index contributed by atoms with van der Waals surface area (Å²) in [7, 11) is 0. The van der Waals surface area contributed by atoms with Crippen molar-refractivity contribution in [2.75, 3.05) is 36.4 Å². The number of rotatable bonds is 7. The van der Waals surface area contributed by atoms with E-state index >= 15 is 0 Å². The van der Waals surface area contributed by atoms with E-state index in [4.69, 9.17) is 0 Å². The summed E-state index contributed by atoms with van der Waals surface area (Å²) in [6, 6.07) is 8.38. The number of hydrogen-bond acceptors (Lipinski definition) is 3. The molecule has 0 fully saturated rings. The summed E-state index contributed by atoms with van der Waals surface area (Å²) in [6.07, 6.45) is 0. The number of anilines is 2. The van der Waals surface area contributed by atoms with Crippen LogP contribution in [0.25, 0.3) is 0 Å². The first-order valence-corrected chi connectivity index (χ1v) is 6.50. The first-order valence-electron chi connectivity index (χ1n) is 6.50. The van der Waals surface area contributed by atoms with Gasteiger partial charge >= 0.3 is 0 Å². The summed E-state index contributed by atoms with van der Waals surface area (Å²) in [4.78, 5) is 13.0. The predicted octanol–water partition coefficient (Wildman–Crippen LogP) is 2.08. The molecule has 0 aliphatic rings. The van der Waals surface area contributed by atoms with Crippen molar-refractivity contribution in [3.05, 3.63) is 24.3 Å². The standard InChI is InChI=1S/C14H23N3O/c1-4-17(5-2)14-8-6-13(7-9-14)16-11-10-15-12(3)18/h6-9,16H,4-5,10-11H2,1-3H3,(H,15,18). The maximum Gasteiger partial charge on any atom is 0.216 e.